The summed E-state index contributed by atoms with van der Waals surface area (Å²) in [7, 11) is 0. The van der Waals surface area contributed by atoms with Crippen LogP contribution in [0.2, 0.25) is 0 Å². The maximum Gasteiger partial charge on any atom is 0.312 e. The van der Waals surface area contributed by atoms with E-state index in [-0.39, 0.29) is 17.9 Å². The molecule has 1 unspecified atom stereocenters. The van der Waals surface area contributed by atoms with Gasteiger partial charge in [0, 0.05) is 23.5 Å². The van der Waals surface area contributed by atoms with Crippen molar-refractivity contribution in [2.45, 2.75) is 44.1 Å². The summed E-state index contributed by atoms with van der Waals surface area (Å²) >= 11 is 0. The Labute approximate surface area is 162 Å². The van der Waals surface area contributed by atoms with Gasteiger partial charge >= 0.3 is 5.97 Å². The lowest BCUT2D eigenvalue weighted by molar-refractivity contribution is -0.135. The predicted molar refractivity (Wildman–Crippen MR) is 103 cm³/mol. The van der Waals surface area contributed by atoms with Crippen LogP contribution in [-0.2, 0) is 28.8 Å². The SMILES string of the molecule is N=C(CC(=O)O)OC(=N)C1CCc2nc(NC3Cc4ccccc4C3)ncc21. The van der Waals surface area contributed by atoms with E-state index in [1.807, 2.05) is 0 Å². The molecule has 0 saturated carbocycles. The number of hydrogen-bond acceptors (Lipinski definition) is 7. The molecule has 28 heavy (non-hydrogen) atoms. The van der Waals surface area contributed by atoms with Crippen molar-refractivity contribution in [1.29, 1.82) is 10.8 Å². The van der Waals surface area contributed by atoms with Crippen molar-refractivity contribution in [2.75, 3.05) is 5.32 Å². The Morgan fingerprint density at radius 3 is 2.64 bits per heavy atom. The third-order valence-electron chi connectivity index (χ3n) is 5.19. The van der Waals surface area contributed by atoms with E-state index in [2.05, 4.69) is 39.6 Å². The van der Waals surface area contributed by atoms with Crippen LogP contribution in [0.1, 0.15) is 41.1 Å². The summed E-state index contributed by atoms with van der Waals surface area (Å²) in [5.74, 6) is -1.47. The number of benzene rings is 1. The lowest BCUT2D eigenvalue weighted by Crippen LogP contribution is -2.22. The lowest BCUT2D eigenvalue weighted by atomic mass is 10.0. The van der Waals surface area contributed by atoms with Crippen molar-refractivity contribution in [1.82, 2.24) is 9.97 Å². The van der Waals surface area contributed by atoms with Gasteiger partial charge in [-0.3, -0.25) is 15.6 Å². The standard InChI is InChI=1S/C20H21N5O3/c21-17(9-18(26)27)28-19(22)14-5-6-16-15(14)10-23-20(25-16)24-13-7-11-3-1-2-4-12(11)8-13/h1-4,10,13-14,21-22H,5-9H2,(H,26,27)(H,23,24,25). The quantitative estimate of drug-likeness (QED) is 0.466. The summed E-state index contributed by atoms with van der Waals surface area (Å²) in [5, 5.41) is 27.7. The van der Waals surface area contributed by atoms with E-state index in [9.17, 15) is 4.79 Å². The van der Waals surface area contributed by atoms with E-state index >= 15 is 0 Å². The zero-order chi connectivity index (χ0) is 19.7. The highest BCUT2D eigenvalue weighted by molar-refractivity contribution is 5.99. The molecule has 2 aromatic rings. The Balaban J connectivity index is 1.40. The first-order valence-electron chi connectivity index (χ1n) is 9.24. The largest absolute Gasteiger partial charge is 0.481 e. The Hall–Kier alpha value is -3.29. The molecule has 1 atom stereocenters. The van der Waals surface area contributed by atoms with Crippen LogP contribution in [0.5, 0.6) is 0 Å². The van der Waals surface area contributed by atoms with Crippen molar-refractivity contribution in [3.8, 4) is 0 Å². The second-order valence-corrected chi connectivity index (χ2v) is 7.17. The first-order valence-corrected chi connectivity index (χ1v) is 9.24. The number of rotatable bonds is 5. The number of carbonyl (C=O) groups is 1. The van der Waals surface area contributed by atoms with Crippen LogP contribution in [0.25, 0.3) is 0 Å². The number of nitrogens with one attached hydrogen (secondary N) is 3. The summed E-state index contributed by atoms with van der Waals surface area (Å²) < 4.78 is 5.09. The minimum atomic E-state index is -1.15. The molecule has 0 radical (unpaired) electrons. The summed E-state index contributed by atoms with van der Waals surface area (Å²) in [6.07, 6.45) is 4.41. The van der Waals surface area contributed by atoms with Gasteiger partial charge in [-0.1, -0.05) is 24.3 Å². The smallest absolute Gasteiger partial charge is 0.312 e. The van der Waals surface area contributed by atoms with Gasteiger partial charge in [0.25, 0.3) is 0 Å². The number of carboxylic acids is 1. The number of hydrogen-bond donors (Lipinski definition) is 4. The van der Waals surface area contributed by atoms with Crippen LogP contribution in [0.15, 0.2) is 30.5 Å². The van der Waals surface area contributed by atoms with E-state index in [0.717, 1.165) is 24.1 Å². The molecule has 0 saturated heterocycles. The first-order chi connectivity index (χ1) is 13.5. The van der Waals surface area contributed by atoms with Gasteiger partial charge in [0.15, 0.2) is 11.8 Å². The molecular weight excluding hydrogens is 358 g/mol. The molecule has 144 valence electrons. The van der Waals surface area contributed by atoms with Crippen LogP contribution >= 0.6 is 0 Å². The van der Waals surface area contributed by atoms with E-state index in [1.165, 1.54) is 11.1 Å². The van der Waals surface area contributed by atoms with Crippen molar-refractivity contribution in [3.63, 3.8) is 0 Å². The van der Waals surface area contributed by atoms with Crippen LogP contribution in [0.3, 0.4) is 0 Å². The number of aliphatic carboxylic acids is 1. The fourth-order valence-corrected chi connectivity index (χ4v) is 3.92. The van der Waals surface area contributed by atoms with Crippen molar-refractivity contribution in [3.05, 3.63) is 52.8 Å². The average Bonchev–Trinajstić information content (AvgIpc) is 3.23. The van der Waals surface area contributed by atoms with Crippen LogP contribution in [0.4, 0.5) is 5.95 Å². The second-order valence-electron chi connectivity index (χ2n) is 7.17. The summed E-state index contributed by atoms with van der Waals surface area (Å²) in [6, 6.07) is 8.68. The van der Waals surface area contributed by atoms with Gasteiger partial charge in [0.2, 0.25) is 5.95 Å². The van der Waals surface area contributed by atoms with Gasteiger partial charge in [-0.15, -0.1) is 0 Å². The Morgan fingerprint density at radius 1 is 1.25 bits per heavy atom. The Bertz CT molecular complexity index is 934. The number of carboxylic acid groups (broad SMARTS) is 1. The van der Waals surface area contributed by atoms with Crippen molar-refractivity contribution in [2.24, 2.45) is 0 Å². The lowest BCUT2D eigenvalue weighted by Gasteiger charge is -2.15. The zero-order valence-electron chi connectivity index (χ0n) is 15.2. The zero-order valence-corrected chi connectivity index (χ0v) is 15.2. The molecular formula is C20H21N5O3. The normalized spacial score (nSPS) is 17.6. The molecule has 0 fully saturated rings. The molecule has 0 amide bonds. The number of fused-ring (bicyclic) bond motifs is 2. The topological polar surface area (TPSA) is 132 Å². The Morgan fingerprint density at radius 2 is 1.96 bits per heavy atom. The van der Waals surface area contributed by atoms with Gasteiger partial charge < -0.3 is 15.2 Å². The fourth-order valence-electron chi connectivity index (χ4n) is 3.92. The van der Waals surface area contributed by atoms with E-state index in [1.54, 1.807) is 6.20 Å². The highest BCUT2D eigenvalue weighted by Gasteiger charge is 2.31. The molecule has 0 aliphatic heterocycles. The number of nitrogens with zero attached hydrogens (tertiary/aromatic N) is 2. The van der Waals surface area contributed by atoms with Crippen molar-refractivity contribution >= 4 is 23.7 Å². The van der Waals surface area contributed by atoms with E-state index in [4.69, 9.17) is 20.7 Å². The monoisotopic (exact) mass is 379 g/mol. The fraction of sp³-hybridized carbons (Fsp3) is 0.350. The van der Waals surface area contributed by atoms with Crippen LogP contribution in [0, 0.1) is 10.8 Å². The molecule has 8 heteroatoms. The third-order valence-corrected chi connectivity index (χ3v) is 5.19. The summed E-state index contributed by atoms with van der Waals surface area (Å²) in [5.41, 5.74) is 4.40. The maximum absolute atomic E-state index is 10.6. The second kappa shape index (κ2) is 7.38. The third kappa shape index (κ3) is 3.71. The maximum atomic E-state index is 10.6. The molecule has 1 aromatic heterocycles. The molecule has 4 rings (SSSR count). The number of aryl methyl sites for hydroxylation is 1. The number of anilines is 1. The van der Waals surface area contributed by atoms with Gasteiger partial charge in [-0.2, -0.15) is 0 Å². The van der Waals surface area contributed by atoms with Gasteiger partial charge in [0.1, 0.15) is 6.42 Å². The number of ether oxygens (including phenoxy) is 1. The highest BCUT2D eigenvalue weighted by atomic mass is 16.5. The van der Waals surface area contributed by atoms with Crippen molar-refractivity contribution < 1.29 is 14.6 Å². The van der Waals surface area contributed by atoms with E-state index in [0.29, 0.717) is 18.8 Å². The molecule has 2 aliphatic carbocycles. The molecule has 8 nitrogen and oxygen atoms in total. The number of aromatic nitrogens is 2. The molecule has 0 bridgehead atoms. The molecule has 1 heterocycles. The minimum absolute atomic E-state index is 0.124. The summed E-state index contributed by atoms with van der Waals surface area (Å²) in [4.78, 5) is 19.7. The molecule has 4 N–H and O–H groups in total. The van der Waals surface area contributed by atoms with Gasteiger partial charge in [0.05, 0.1) is 5.92 Å². The summed E-state index contributed by atoms with van der Waals surface area (Å²) in [6.45, 7) is 0. The highest BCUT2D eigenvalue weighted by Crippen LogP contribution is 2.33. The molecule has 2 aliphatic rings. The van der Waals surface area contributed by atoms with Crippen LogP contribution in [-0.4, -0.2) is 38.9 Å². The molecule has 0 spiro atoms. The van der Waals surface area contributed by atoms with Crippen LogP contribution < -0.4 is 5.32 Å². The first kappa shape index (κ1) is 18.1. The Kier molecular flexibility index (Phi) is 4.77. The van der Waals surface area contributed by atoms with Gasteiger partial charge in [-0.25, -0.2) is 9.97 Å². The molecule has 1 aromatic carbocycles. The predicted octanol–water partition coefficient (Wildman–Crippen LogP) is 2.53. The van der Waals surface area contributed by atoms with E-state index < -0.39 is 18.3 Å². The average molecular weight is 379 g/mol. The van der Waals surface area contributed by atoms with Gasteiger partial charge in [-0.05, 0) is 36.8 Å². The minimum Gasteiger partial charge on any atom is -0.481 e.